The molecule has 2 aromatic heterocycles. The number of aromatic nitrogens is 3. The number of fused-ring (bicyclic) bond motifs is 1. The molecule has 0 fully saturated rings. The summed E-state index contributed by atoms with van der Waals surface area (Å²) in [6.07, 6.45) is -5.63. The monoisotopic (exact) mass is 560 g/mol. The van der Waals surface area contributed by atoms with Crippen molar-refractivity contribution in [2.75, 3.05) is 18.9 Å². The van der Waals surface area contributed by atoms with E-state index in [0.29, 0.717) is 6.54 Å². The van der Waals surface area contributed by atoms with Gasteiger partial charge in [-0.3, -0.25) is 4.57 Å². The highest BCUT2D eigenvalue weighted by Crippen LogP contribution is 2.33. The third-order valence-corrected chi connectivity index (χ3v) is 6.39. The zero-order valence-corrected chi connectivity index (χ0v) is 20.4. The maximum absolute atomic E-state index is 12.8. The Labute approximate surface area is 215 Å². The van der Waals surface area contributed by atoms with Gasteiger partial charge in [0, 0.05) is 41.2 Å². The van der Waals surface area contributed by atoms with E-state index >= 15 is 0 Å². The average Bonchev–Trinajstić information content (AvgIpc) is 3.45. The van der Waals surface area contributed by atoms with Crippen LogP contribution in [0.25, 0.3) is 10.4 Å². The molecule has 0 bridgehead atoms. The van der Waals surface area contributed by atoms with Gasteiger partial charge in [0.2, 0.25) is 0 Å². The summed E-state index contributed by atoms with van der Waals surface area (Å²) in [6, 6.07) is 9.62. The molecule has 0 radical (unpaired) electrons. The van der Waals surface area contributed by atoms with Crippen molar-refractivity contribution in [1.82, 2.24) is 19.2 Å². The fraction of sp³-hybridized carbons (Fsp3) is 0.273. The van der Waals surface area contributed by atoms with Crippen molar-refractivity contribution >= 4 is 29.0 Å². The summed E-state index contributed by atoms with van der Waals surface area (Å²) < 4.78 is 59.7. The minimum atomic E-state index is -5.08. The van der Waals surface area contributed by atoms with Crippen LogP contribution in [0, 0.1) is 0 Å². The molecular formula is C22H21F5N6O4S. The van der Waals surface area contributed by atoms with Crippen LogP contribution in [0.2, 0.25) is 0 Å². The number of aliphatic carboxylic acids is 1. The second-order valence-electron chi connectivity index (χ2n) is 7.99. The molecular weight excluding hydrogens is 539 g/mol. The van der Waals surface area contributed by atoms with Gasteiger partial charge in [0.25, 0.3) is 6.08 Å². The highest BCUT2D eigenvalue weighted by atomic mass is 32.1. The number of benzene rings is 1. The van der Waals surface area contributed by atoms with Crippen molar-refractivity contribution < 1.29 is 36.6 Å². The van der Waals surface area contributed by atoms with E-state index in [0.717, 1.165) is 31.3 Å². The van der Waals surface area contributed by atoms with E-state index in [2.05, 4.69) is 10.4 Å². The third kappa shape index (κ3) is 6.83. The molecule has 3 heterocycles. The largest absolute Gasteiger partial charge is 0.490 e. The summed E-state index contributed by atoms with van der Waals surface area (Å²) in [7, 11) is 1.74. The van der Waals surface area contributed by atoms with Crippen LogP contribution in [0.15, 0.2) is 53.1 Å². The van der Waals surface area contributed by atoms with Crippen LogP contribution in [0.1, 0.15) is 10.4 Å². The second-order valence-corrected chi connectivity index (χ2v) is 9.16. The molecule has 38 heavy (non-hydrogen) atoms. The van der Waals surface area contributed by atoms with Gasteiger partial charge in [-0.05, 0) is 35.4 Å². The van der Waals surface area contributed by atoms with Crippen molar-refractivity contribution in [2.45, 2.75) is 25.8 Å². The molecule has 4 N–H and O–H groups in total. The molecule has 1 aromatic carbocycles. The first-order valence-electron chi connectivity index (χ1n) is 10.7. The number of hydrogen-bond donors (Lipinski definition) is 3. The number of thiophene rings is 1. The lowest BCUT2D eigenvalue weighted by Crippen LogP contribution is -2.35. The molecule has 0 saturated heterocycles. The van der Waals surface area contributed by atoms with Crippen molar-refractivity contribution in [3.63, 3.8) is 0 Å². The van der Waals surface area contributed by atoms with Gasteiger partial charge in [0.1, 0.15) is 6.33 Å². The number of alkyl halides is 3. The minimum absolute atomic E-state index is 0.132. The number of rotatable bonds is 6. The van der Waals surface area contributed by atoms with Gasteiger partial charge in [-0.1, -0.05) is 6.07 Å². The lowest BCUT2D eigenvalue weighted by atomic mass is 10.1. The van der Waals surface area contributed by atoms with Gasteiger partial charge in [-0.2, -0.15) is 27.1 Å². The quantitative estimate of drug-likeness (QED) is 0.395. The van der Waals surface area contributed by atoms with Gasteiger partial charge in [0.05, 0.1) is 13.1 Å². The molecule has 10 nitrogen and oxygen atoms in total. The highest BCUT2D eigenvalue weighted by molar-refractivity contribution is 7.15. The summed E-state index contributed by atoms with van der Waals surface area (Å²) in [6.45, 7) is 0.143. The zero-order valence-electron chi connectivity index (χ0n) is 19.6. The van der Waals surface area contributed by atoms with Crippen molar-refractivity contribution in [3.05, 3.63) is 69.2 Å². The average molecular weight is 561 g/mol. The van der Waals surface area contributed by atoms with Crippen LogP contribution < -0.4 is 16.7 Å². The third-order valence-electron chi connectivity index (χ3n) is 5.27. The molecule has 16 heteroatoms. The zero-order chi connectivity index (χ0) is 28.2. The maximum atomic E-state index is 12.8. The van der Waals surface area contributed by atoms with E-state index < -0.39 is 23.9 Å². The van der Waals surface area contributed by atoms with Crippen LogP contribution in [0.5, 0.6) is 0 Å². The smallest absolute Gasteiger partial charge is 0.475 e. The molecule has 1 aliphatic rings. The molecule has 1 aliphatic heterocycles. The standard InChI is InChI=1S/C20H20F2N6O2S.C2HF3O2/c1-26-8-13-6-12(2-4-16(13)25-19(26)29)17-5-3-15(31-17)10-27-11-24-28(20(27)30)9-14(7-23)18(21)22;3-2(4,5)1(6)7/h2-6,11H,7-10,23H2,1H3,(H,25,29);(H,6,7). The van der Waals surface area contributed by atoms with E-state index in [9.17, 15) is 31.5 Å². The molecule has 0 spiro atoms. The Kier molecular flexibility index (Phi) is 8.67. The summed E-state index contributed by atoms with van der Waals surface area (Å²) in [5, 5.41) is 13.9. The maximum Gasteiger partial charge on any atom is 0.490 e. The number of carbonyl (C=O) groups excluding carboxylic acids is 1. The number of carbonyl (C=O) groups is 2. The number of anilines is 1. The first-order chi connectivity index (χ1) is 17.8. The van der Waals surface area contributed by atoms with Gasteiger partial charge >= 0.3 is 23.9 Å². The van der Waals surface area contributed by atoms with Gasteiger partial charge in [0.15, 0.2) is 0 Å². The number of carboxylic acids is 1. The minimum Gasteiger partial charge on any atom is -0.475 e. The van der Waals surface area contributed by atoms with E-state index in [1.165, 1.54) is 22.2 Å². The number of carboxylic acid groups (broad SMARTS) is 1. The first kappa shape index (κ1) is 28.5. The van der Waals surface area contributed by atoms with Crippen LogP contribution >= 0.6 is 11.3 Å². The SMILES string of the molecule is CN1Cc2cc(-c3ccc(Cn4cnn(CC(CN)=C(F)F)c4=O)s3)ccc2NC1=O.O=C(O)C(F)(F)F. The number of nitrogens with two attached hydrogens (primary N) is 1. The molecule has 3 aromatic rings. The molecule has 0 atom stereocenters. The highest BCUT2D eigenvalue weighted by Gasteiger charge is 2.38. The van der Waals surface area contributed by atoms with E-state index in [1.807, 2.05) is 30.3 Å². The number of urea groups is 1. The fourth-order valence-electron chi connectivity index (χ4n) is 3.29. The second kappa shape index (κ2) is 11.6. The molecule has 2 amide bonds. The van der Waals surface area contributed by atoms with Crippen LogP contribution in [0.3, 0.4) is 0 Å². The Bertz CT molecular complexity index is 1420. The topological polar surface area (TPSA) is 135 Å². The van der Waals surface area contributed by atoms with E-state index in [1.54, 1.807) is 11.9 Å². The van der Waals surface area contributed by atoms with Crippen molar-refractivity contribution in [1.29, 1.82) is 0 Å². The van der Waals surface area contributed by atoms with Crippen LogP contribution in [0.4, 0.5) is 32.4 Å². The predicted molar refractivity (Wildman–Crippen MR) is 128 cm³/mol. The number of amides is 2. The van der Waals surface area contributed by atoms with Crippen LogP contribution in [-0.4, -0.2) is 56.1 Å². The van der Waals surface area contributed by atoms with Crippen LogP contribution in [-0.2, 0) is 24.4 Å². The number of nitrogens with zero attached hydrogens (tertiary/aromatic N) is 4. The first-order valence-corrected chi connectivity index (χ1v) is 11.5. The Balaban J connectivity index is 0.000000505. The lowest BCUT2D eigenvalue weighted by molar-refractivity contribution is -0.192. The number of halogens is 5. The normalized spacial score (nSPS) is 12.8. The Morgan fingerprint density at radius 2 is 1.89 bits per heavy atom. The van der Waals surface area contributed by atoms with Gasteiger partial charge in [-0.25, -0.2) is 19.1 Å². The molecule has 0 unspecified atom stereocenters. The lowest BCUT2D eigenvalue weighted by Gasteiger charge is -2.26. The molecule has 4 rings (SSSR count). The number of hydrogen-bond acceptors (Lipinski definition) is 6. The molecule has 0 aliphatic carbocycles. The Hall–Kier alpha value is -4.05. The van der Waals surface area contributed by atoms with Gasteiger partial charge < -0.3 is 21.1 Å². The Morgan fingerprint density at radius 1 is 1.21 bits per heavy atom. The van der Waals surface area contributed by atoms with Crippen molar-refractivity contribution in [2.24, 2.45) is 5.73 Å². The number of nitrogens with one attached hydrogen (secondary N) is 1. The fourth-order valence-corrected chi connectivity index (χ4v) is 4.30. The summed E-state index contributed by atoms with van der Waals surface area (Å²) in [5.41, 5.74) is 7.35. The summed E-state index contributed by atoms with van der Waals surface area (Å²) >= 11 is 1.53. The molecule has 204 valence electrons. The summed E-state index contributed by atoms with van der Waals surface area (Å²) in [5.74, 6) is -2.76. The molecule has 0 saturated carbocycles. The Morgan fingerprint density at radius 3 is 2.50 bits per heavy atom. The van der Waals surface area contributed by atoms with Crippen molar-refractivity contribution in [3.8, 4) is 10.4 Å². The van der Waals surface area contributed by atoms with E-state index in [-0.39, 0.29) is 31.2 Å². The van der Waals surface area contributed by atoms with Gasteiger partial charge in [-0.15, -0.1) is 11.3 Å². The van der Waals surface area contributed by atoms with E-state index in [4.69, 9.17) is 15.6 Å². The predicted octanol–water partition coefficient (Wildman–Crippen LogP) is 3.54. The summed E-state index contributed by atoms with van der Waals surface area (Å²) in [4.78, 5) is 36.7.